The van der Waals surface area contributed by atoms with Crippen molar-refractivity contribution in [2.45, 2.75) is 4.90 Å². The van der Waals surface area contributed by atoms with Crippen LogP contribution in [0.5, 0.6) is 28.7 Å². The highest BCUT2D eigenvalue weighted by molar-refractivity contribution is 7.86. The SMILES string of the molecule is O=S(O)Oc1cc2ccccc2c2c1N=Nc1ccc(N=[N+]([O-])c3ccc4c(c3)OCOc3c(c(S(=O)(=O)O)cc5ccccc35)N=N4)cc1OCO2. The van der Waals surface area contributed by atoms with Crippen LogP contribution in [0.2, 0.25) is 0 Å². The first-order valence-electron chi connectivity index (χ1n) is 15.3. The van der Waals surface area contributed by atoms with E-state index in [2.05, 4.69) is 25.6 Å². The van der Waals surface area contributed by atoms with Crippen LogP contribution in [-0.2, 0) is 21.5 Å². The molecule has 2 aliphatic heterocycles. The number of fused-ring (bicyclic) bond motifs is 8. The molecule has 6 aromatic carbocycles. The summed E-state index contributed by atoms with van der Waals surface area (Å²) in [6.07, 6.45) is 0. The zero-order valence-electron chi connectivity index (χ0n) is 26.7. The van der Waals surface area contributed by atoms with Crippen LogP contribution < -0.4 is 23.1 Å². The van der Waals surface area contributed by atoms with Crippen molar-refractivity contribution < 1.29 is 49.7 Å². The lowest BCUT2D eigenvalue weighted by Gasteiger charge is -2.14. The van der Waals surface area contributed by atoms with Gasteiger partial charge in [-0.1, -0.05) is 48.5 Å². The maximum absolute atomic E-state index is 13.3. The Kier molecular flexibility index (Phi) is 8.58. The van der Waals surface area contributed by atoms with E-state index in [-0.39, 0.29) is 69.7 Å². The molecule has 8 rings (SSSR count). The van der Waals surface area contributed by atoms with Crippen molar-refractivity contribution in [1.29, 1.82) is 0 Å². The van der Waals surface area contributed by atoms with E-state index in [0.29, 0.717) is 26.4 Å². The summed E-state index contributed by atoms with van der Waals surface area (Å²) in [6.45, 7) is -0.747. The first-order chi connectivity index (χ1) is 25.6. The summed E-state index contributed by atoms with van der Waals surface area (Å²) in [6, 6.07) is 25.3. The molecule has 1 atom stereocenters. The predicted molar refractivity (Wildman–Crippen MR) is 188 cm³/mol. The molecule has 53 heavy (non-hydrogen) atoms. The zero-order chi connectivity index (χ0) is 36.7. The lowest BCUT2D eigenvalue weighted by atomic mass is 10.1. The molecule has 0 spiro atoms. The fourth-order valence-corrected chi connectivity index (χ4v) is 6.57. The fraction of sp³-hybridized carbons (Fsp3) is 0.0588. The summed E-state index contributed by atoms with van der Waals surface area (Å²) in [5.41, 5.74) is 0.425. The quantitative estimate of drug-likeness (QED) is 0.0555. The Morgan fingerprint density at radius 1 is 0.736 bits per heavy atom. The predicted octanol–water partition coefficient (Wildman–Crippen LogP) is 8.97. The summed E-state index contributed by atoms with van der Waals surface area (Å²) in [5, 5.41) is 36.5. The molecule has 1 unspecified atom stereocenters. The van der Waals surface area contributed by atoms with Crippen LogP contribution >= 0.6 is 0 Å². The fourth-order valence-electron chi connectivity index (χ4n) is 5.63. The standard InChI is InChI=1S/C34H22N6O11S2/c41-40(22-10-12-26-28(16-22)48-18-50-34-24-8-4-2-6-20(24)14-30(53(44,45)46)32(34)38-36-26)39-21-9-11-25-27(15-21)47-17-49-33-23-7-3-1-5-19(23)13-29(51-52(42)43)31(33)37-35-25/h1-16H,17-18H2,(H,42,43)(H,44,45,46). The van der Waals surface area contributed by atoms with E-state index < -0.39 is 33.2 Å². The van der Waals surface area contributed by atoms with Crippen molar-refractivity contribution in [2.24, 2.45) is 25.6 Å². The van der Waals surface area contributed by atoms with Crippen LogP contribution in [0, 0.1) is 5.21 Å². The largest absolute Gasteiger partial charge is 0.594 e. The Hall–Kier alpha value is -6.54. The summed E-state index contributed by atoms with van der Waals surface area (Å²) in [4.78, 5) is -0.164. The number of nitrogens with zero attached hydrogens (tertiary/aromatic N) is 6. The van der Waals surface area contributed by atoms with Gasteiger partial charge in [0.25, 0.3) is 10.1 Å². The summed E-state index contributed by atoms with van der Waals surface area (Å²) in [5.74, 6) is 0.449. The average molecular weight is 755 g/mol. The second-order valence-corrected chi connectivity index (χ2v) is 13.2. The molecule has 0 amide bonds. The maximum Gasteiger partial charge on any atom is 0.357 e. The van der Waals surface area contributed by atoms with Crippen molar-refractivity contribution >= 4 is 77.1 Å². The molecule has 0 aliphatic carbocycles. The van der Waals surface area contributed by atoms with Crippen molar-refractivity contribution in [3.63, 3.8) is 0 Å². The van der Waals surface area contributed by atoms with Crippen molar-refractivity contribution in [3.05, 3.63) is 102 Å². The number of rotatable bonds is 5. The molecule has 0 fully saturated rings. The Labute approximate surface area is 301 Å². The van der Waals surface area contributed by atoms with Crippen molar-refractivity contribution in [3.8, 4) is 28.7 Å². The van der Waals surface area contributed by atoms with E-state index >= 15 is 0 Å². The molecule has 0 bridgehead atoms. The van der Waals surface area contributed by atoms with Crippen LogP contribution in [0.4, 0.5) is 34.1 Å². The molecule has 2 N–H and O–H groups in total. The first kappa shape index (κ1) is 33.6. The molecule has 6 aromatic rings. The Bertz CT molecular complexity index is 2700. The molecule has 266 valence electrons. The molecular formula is C34H22N6O11S2. The Morgan fingerprint density at radius 3 is 1.98 bits per heavy atom. The lowest BCUT2D eigenvalue weighted by Crippen LogP contribution is -2.07. The van der Waals surface area contributed by atoms with Gasteiger partial charge in [-0.05, 0) is 46.0 Å². The van der Waals surface area contributed by atoms with Crippen LogP contribution in [0.1, 0.15) is 0 Å². The third kappa shape index (κ3) is 6.67. The minimum atomic E-state index is -4.72. The third-order valence-corrected chi connectivity index (χ3v) is 9.17. The van der Waals surface area contributed by atoms with Gasteiger partial charge in [0.2, 0.25) is 19.3 Å². The maximum atomic E-state index is 13.3. The van der Waals surface area contributed by atoms with E-state index in [1.165, 1.54) is 42.5 Å². The van der Waals surface area contributed by atoms with Gasteiger partial charge < -0.3 is 28.3 Å². The van der Waals surface area contributed by atoms with Gasteiger partial charge >= 0.3 is 11.4 Å². The summed E-state index contributed by atoms with van der Waals surface area (Å²) in [7, 11) is -4.72. The summed E-state index contributed by atoms with van der Waals surface area (Å²) >= 11 is -2.65. The zero-order valence-corrected chi connectivity index (χ0v) is 28.4. The molecule has 0 saturated heterocycles. The van der Waals surface area contributed by atoms with Crippen LogP contribution in [-0.4, -0.2) is 40.2 Å². The lowest BCUT2D eigenvalue weighted by molar-refractivity contribution is -0.435. The van der Waals surface area contributed by atoms with Gasteiger partial charge in [-0.25, -0.2) is 0 Å². The number of ether oxygens (including phenoxy) is 4. The molecule has 0 radical (unpaired) electrons. The van der Waals surface area contributed by atoms with Crippen LogP contribution in [0.15, 0.2) is 128 Å². The van der Waals surface area contributed by atoms with Crippen molar-refractivity contribution in [2.75, 3.05) is 13.6 Å². The van der Waals surface area contributed by atoms with E-state index in [1.54, 1.807) is 54.6 Å². The highest BCUT2D eigenvalue weighted by Gasteiger charge is 2.25. The number of benzene rings is 6. The average Bonchev–Trinajstić information content (AvgIpc) is 3.29. The van der Waals surface area contributed by atoms with Crippen LogP contribution in [0.25, 0.3) is 21.5 Å². The van der Waals surface area contributed by atoms with Crippen LogP contribution in [0.3, 0.4) is 0 Å². The molecule has 0 saturated carbocycles. The summed E-state index contributed by atoms with van der Waals surface area (Å²) < 4.78 is 83.9. The van der Waals surface area contributed by atoms with Gasteiger partial charge in [-0.3, -0.25) is 9.11 Å². The Morgan fingerprint density at radius 2 is 1.32 bits per heavy atom. The second kappa shape index (κ2) is 13.5. The minimum Gasteiger partial charge on any atom is -0.594 e. The van der Waals surface area contributed by atoms with E-state index in [0.717, 1.165) is 0 Å². The van der Waals surface area contributed by atoms with Crippen molar-refractivity contribution in [1.82, 2.24) is 0 Å². The number of hydrogen-bond donors (Lipinski definition) is 2. The highest BCUT2D eigenvalue weighted by atomic mass is 32.2. The topological polar surface area (TPSA) is 226 Å². The highest BCUT2D eigenvalue weighted by Crippen LogP contribution is 2.47. The first-order valence-corrected chi connectivity index (χ1v) is 17.8. The Balaban J connectivity index is 1.09. The molecule has 17 nitrogen and oxygen atoms in total. The third-order valence-electron chi connectivity index (χ3n) is 7.98. The number of hydrogen-bond acceptors (Lipinski definition) is 14. The van der Waals surface area contributed by atoms with Gasteiger partial charge in [0, 0.05) is 28.0 Å². The molecule has 2 heterocycles. The van der Waals surface area contributed by atoms with E-state index in [9.17, 15) is 26.9 Å². The van der Waals surface area contributed by atoms with E-state index in [4.69, 9.17) is 23.1 Å². The molecule has 2 aliphatic rings. The van der Waals surface area contributed by atoms with Gasteiger partial charge in [-0.2, -0.15) is 12.6 Å². The smallest absolute Gasteiger partial charge is 0.357 e. The van der Waals surface area contributed by atoms with Gasteiger partial charge in [-0.15, -0.1) is 20.5 Å². The normalized spacial score (nSPS) is 14.5. The second-order valence-electron chi connectivity index (χ2n) is 11.2. The molecule has 19 heteroatoms. The van der Waals surface area contributed by atoms with Gasteiger partial charge in [0.15, 0.2) is 34.4 Å². The molecular weight excluding hydrogens is 733 g/mol. The monoisotopic (exact) mass is 754 g/mol. The van der Waals surface area contributed by atoms with E-state index in [1.807, 2.05) is 0 Å². The number of azo groups is 3. The van der Waals surface area contributed by atoms with Gasteiger partial charge in [0.1, 0.15) is 27.6 Å². The molecule has 0 aromatic heterocycles. The van der Waals surface area contributed by atoms with Gasteiger partial charge in [0.05, 0.1) is 6.07 Å². The minimum absolute atomic E-state index is 0.0299.